The molecule has 0 amide bonds. The zero-order valence-electron chi connectivity index (χ0n) is 8.27. The largest absolute Gasteiger partial charge is 0.286 e. The normalized spacial score (nSPS) is 12.8. The van der Waals surface area contributed by atoms with E-state index in [2.05, 4.69) is 0 Å². The summed E-state index contributed by atoms with van der Waals surface area (Å²) in [5, 5.41) is 10.8. The molecule has 0 heterocycles. The van der Waals surface area contributed by atoms with Gasteiger partial charge in [-0.2, -0.15) is 0 Å². The standard InChI is InChI=1S/C9H10ClNO3S/c1-6(2)15(14)9-4-3-7(10)5-8(9)11(12)13/h3-6H,1-2H3. The first-order chi connectivity index (χ1) is 6.93. The summed E-state index contributed by atoms with van der Waals surface area (Å²) in [5.74, 6) is 0. The molecule has 0 aliphatic heterocycles. The lowest BCUT2D eigenvalue weighted by molar-refractivity contribution is -0.387. The topological polar surface area (TPSA) is 60.2 Å². The first-order valence-corrected chi connectivity index (χ1v) is 5.87. The molecule has 4 nitrogen and oxygen atoms in total. The van der Waals surface area contributed by atoms with Crippen LogP contribution in [0.4, 0.5) is 5.69 Å². The van der Waals surface area contributed by atoms with Gasteiger partial charge in [-0.1, -0.05) is 25.4 Å². The van der Waals surface area contributed by atoms with Crippen molar-refractivity contribution in [3.63, 3.8) is 0 Å². The molecule has 0 aliphatic carbocycles. The van der Waals surface area contributed by atoms with Gasteiger partial charge in [-0.3, -0.25) is 14.3 Å². The van der Waals surface area contributed by atoms with E-state index in [0.29, 0.717) is 0 Å². The molecule has 0 saturated heterocycles. The second-order valence-electron chi connectivity index (χ2n) is 3.22. The molecular formula is C9H10ClNO3S. The van der Waals surface area contributed by atoms with Gasteiger partial charge in [0.2, 0.25) is 0 Å². The number of hydrogen-bond donors (Lipinski definition) is 0. The van der Waals surface area contributed by atoms with Crippen molar-refractivity contribution < 1.29 is 9.13 Å². The van der Waals surface area contributed by atoms with Gasteiger partial charge in [0.1, 0.15) is 4.90 Å². The second kappa shape index (κ2) is 4.72. The van der Waals surface area contributed by atoms with Crippen LogP contribution >= 0.6 is 11.6 Å². The van der Waals surface area contributed by atoms with Gasteiger partial charge in [-0.05, 0) is 12.1 Å². The third-order valence-corrected chi connectivity index (χ3v) is 3.63. The molecule has 0 aromatic heterocycles. The molecule has 0 N–H and O–H groups in total. The Kier molecular flexibility index (Phi) is 3.82. The van der Waals surface area contributed by atoms with Gasteiger partial charge in [-0.15, -0.1) is 0 Å². The molecule has 1 rings (SSSR count). The van der Waals surface area contributed by atoms with Crippen molar-refractivity contribution in [2.45, 2.75) is 24.0 Å². The van der Waals surface area contributed by atoms with Gasteiger partial charge in [0.25, 0.3) is 5.69 Å². The predicted molar refractivity (Wildman–Crippen MR) is 59.7 cm³/mol. The van der Waals surface area contributed by atoms with Crippen LogP contribution < -0.4 is 0 Å². The molecular weight excluding hydrogens is 238 g/mol. The number of nitro groups is 1. The van der Waals surface area contributed by atoms with Crippen molar-refractivity contribution in [1.29, 1.82) is 0 Å². The van der Waals surface area contributed by atoms with Crippen molar-refractivity contribution in [3.05, 3.63) is 33.3 Å². The maximum absolute atomic E-state index is 11.7. The summed E-state index contributed by atoms with van der Waals surface area (Å²) >= 11 is 5.64. The van der Waals surface area contributed by atoms with Crippen LogP contribution in [0.1, 0.15) is 13.8 Å². The fourth-order valence-electron chi connectivity index (χ4n) is 1.06. The highest BCUT2D eigenvalue weighted by Crippen LogP contribution is 2.27. The summed E-state index contributed by atoms with van der Waals surface area (Å²) in [5.41, 5.74) is -0.186. The second-order valence-corrected chi connectivity index (χ2v) is 5.63. The number of hydrogen-bond acceptors (Lipinski definition) is 3. The van der Waals surface area contributed by atoms with Gasteiger partial charge < -0.3 is 0 Å². The van der Waals surface area contributed by atoms with Gasteiger partial charge >= 0.3 is 0 Å². The lowest BCUT2D eigenvalue weighted by atomic mass is 10.3. The lowest BCUT2D eigenvalue weighted by Gasteiger charge is -2.06. The number of rotatable bonds is 3. The first-order valence-electron chi connectivity index (χ1n) is 4.28. The summed E-state index contributed by atoms with van der Waals surface area (Å²) in [6.07, 6.45) is 0. The van der Waals surface area contributed by atoms with Crippen LogP contribution in [0.5, 0.6) is 0 Å². The Balaban J connectivity index is 3.29. The molecule has 0 saturated carbocycles. The zero-order valence-corrected chi connectivity index (χ0v) is 9.84. The fourth-order valence-corrected chi connectivity index (χ4v) is 2.27. The Morgan fingerprint density at radius 3 is 2.53 bits per heavy atom. The minimum atomic E-state index is -1.38. The quantitative estimate of drug-likeness (QED) is 0.610. The van der Waals surface area contributed by atoms with E-state index in [1.165, 1.54) is 18.2 Å². The number of halogens is 1. The van der Waals surface area contributed by atoms with E-state index in [1.807, 2.05) is 0 Å². The Bertz CT molecular complexity index is 420. The van der Waals surface area contributed by atoms with Crippen molar-refractivity contribution in [3.8, 4) is 0 Å². The molecule has 0 bridgehead atoms. The smallest absolute Gasteiger partial charge is 0.258 e. The van der Waals surface area contributed by atoms with E-state index in [-0.39, 0.29) is 20.9 Å². The maximum Gasteiger partial charge on any atom is 0.286 e. The van der Waals surface area contributed by atoms with Crippen LogP contribution in [0.2, 0.25) is 5.02 Å². The summed E-state index contributed by atoms with van der Waals surface area (Å²) in [6, 6.07) is 4.16. The van der Waals surface area contributed by atoms with Gasteiger partial charge in [0, 0.05) is 16.3 Å². The van der Waals surface area contributed by atoms with Gasteiger partial charge in [0.15, 0.2) is 0 Å². The Hall–Kier alpha value is -0.940. The monoisotopic (exact) mass is 247 g/mol. The van der Waals surface area contributed by atoms with Gasteiger partial charge in [0.05, 0.1) is 15.7 Å². The molecule has 0 fully saturated rings. The van der Waals surface area contributed by atoms with E-state index in [0.717, 1.165) is 0 Å². The summed E-state index contributed by atoms with van der Waals surface area (Å²) in [7, 11) is -1.38. The molecule has 82 valence electrons. The SMILES string of the molecule is CC(C)S(=O)c1ccc(Cl)cc1[N+](=O)[O-]. The van der Waals surface area contributed by atoms with E-state index in [1.54, 1.807) is 13.8 Å². The predicted octanol–water partition coefficient (Wildman–Crippen LogP) is 2.76. The fraction of sp³-hybridized carbons (Fsp3) is 0.333. The minimum Gasteiger partial charge on any atom is -0.258 e. The third kappa shape index (κ3) is 2.76. The Morgan fingerprint density at radius 2 is 2.07 bits per heavy atom. The minimum absolute atomic E-state index is 0.162. The Labute approximate surface area is 94.9 Å². The van der Waals surface area contributed by atoms with E-state index in [4.69, 9.17) is 11.6 Å². The lowest BCUT2D eigenvalue weighted by Crippen LogP contribution is -2.08. The molecule has 6 heteroatoms. The van der Waals surface area contributed by atoms with Crippen LogP contribution in [0.3, 0.4) is 0 Å². The highest BCUT2D eigenvalue weighted by atomic mass is 35.5. The molecule has 15 heavy (non-hydrogen) atoms. The van der Waals surface area contributed by atoms with Crippen LogP contribution in [0.25, 0.3) is 0 Å². The third-order valence-electron chi connectivity index (χ3n) is 1.76. The molecule has 1 aromatic carbocycles. The summed E-state index contributed by atoms with van der Waals surface area (Å²) in [4.78, 5) is 10.4. The van der Waals surface area contributed by atoms with E-state index < -0.39 is 15.7 Å². The van der Waals surface area contributed by atoms with Crippen molar-refractivity contribution in [2.75, 3.05) is 0 Å². The van der Waals surface area contributed by atoms with E-state index in [9.17, 15) is 14.3 Å². The van der Waals surface area contributed by atoms with E-state index >= 15 is 0 Å². The number of benzene rings is 1. The van der Waals surface area contributed by atoms with Crippen LogP contribution in [-0.4, -0.2) is 14.4 Å². The first kappa shape index (κ1) is 12.1. The molecule has 1 aromatic rings. The summed E-state index contributed by atoms with van der Waals surface area (Å²) < 4.78 is 11.7. The molecule has 0 aliphatic rings. The van der Waals surface area contributed by atoms with Crippen molar-refractivity contribution >= 4 is 28.1 Å². The average Bonchev–Trinajstić information content (AvgIpc) is 2.16. The molecule has 1 atom stereocenters. The Morgan fingerprint density at radius 1 is 1.47 bits per heavy atom. The van der Waals surface area contributed by atoms with Gasteiger partial charge in [-0.25, -0.2) is 0 Å². The molecule has 0 spiro atoms. The zero-order chi connectivity index (χ0) is 11.6. The number of nitrogens with zero attached hydrogens (tertiary/aromatic N) is 1. The number of nitro benzene ring substituents is 1. The highest BCUT2D eigenvalue weighted by molar-refractivity contribution is 7.85. The average molecular weight is 248 g/mol. The van der Waals surface area contributed by atoms with Crippen molar-refractivity contribution in [2.24, 2.45) is 0 Å². The van der Waals surface area contributed by atoms with Crippen LogP contribution in [-0.2, 0) is 10.8 Å². The summed E-state index contributed by atoms with van der Waals surface area (Å²) in [6.45, 7) is 3.49. The van der Waals surface area contributed by atoms with Crippen molar-refractivity contribution in [1.82, 2.24) is 0 Å². The molecule has 1 unspecified atom stereocenters. The molecule has 0 radical (unpaired) electrons. The maximum atomic E-state index is 11.7. The van der Waals surface area contributed by atoms with Crippen LogP contribution in [0, 0.1) is 10.1 Å². The highest BCUT2D eigenvalue weighted by Gasteiger charge is 2.21. The van der Waals surface area contributed by atoms with Crippen LogP contribution in [0.15, 0.2) is 23.1 Å².